The van der Waals surface area contributed by atoms with Crippen LogP contribution in [0.2, 0.25) is 0 Å². The minimum Gasteiger partial charge on any atom is -0.469 e. The van der Waals surface area contributed by atoms with Crippen molar-refractivity contribution in [2.75, 3.05) is 7.11 Å². The number of carbonyl (C=O) groups excluding carboxylic acids is 1. The quantitative estimate of drug-likeness (QED) is 0.786. The number of furan rings is 1. The van der Waals surface area contributed by atoms with Crippen LogP contribution in [0.4, 0.5) is 0 Å². The molecule has 16 heavy (non-hydrogen) atoms. The van der Waals surface area contributed by atoms with Gasteiger partial charge in [0.2, 0.25) is 0 Å². The second-order valence-electron chi connectivity index (χ2n) is 5.07. The van der Waals surface area contributed by atoms with Gasteiger partial charge in [-0.25, -0.2) is 0 Å². The van der Waals surface area contributed by atoms with Gasteiger partial charge in [-0.1, -0.05) is 0 Å². The van der Waals surface area contributed by atoms with Crippen molar-refractivity contribution < 1.29 is 13.9 Å². The van der Waals surface area contributed by atoms with Crippen molar-refractivity contribution in [3.05, 3.63) is 24.2 Å². The molecule has 3 heteroatoms. The second-order valence-corrected chi connectivity index (χ2v) is 5.07. The number of rotatable bonds is 4. The maximum atomic E-state index is 11.6. The predicted molar refractivity (Wildman–Crippen MR) is 60.3 cm³/mol. The maximum Gasteiger partial charge on any atom is 0.137 e. The van der Waals surface area contributed by atoms with Gasteiger partial charge in [0.15, 0.2) is 0 Å². The van der Waals surface area contributed by atoms with E-state index in [-0.39, 0.29) is 17.4 Å². The Balaban J connectivity index is 2.06. The number of hydrogen-bond donors (Lipinski definition) is 0. The highest BCUT2D eigenvalue weighted by atomic mass is 16.5. The minimum absolute atomic E-state index is 0.0566. The van der Waals surface area contributed by atoms with Crippen LogP contribution >= 0.6 is 0 Å². The van der Waals surface area contributed by atoms with E-state index in [0.29, 0.717) is 12.2 Å². The molecule has 1 fully saturated rings. The van der Waals surface area contributed by atoms with E-state index in [4.69, 9.17) is 9.15 Å². The van der Waals surface area contributed by atoms with Crippen molar-refractivity contribution in [2.24, 2.45) is 5.92 Å². The van der Waals surface area contributed by atoms with Crippen LogP contribution in [0, 0.1) is 5.92 Å². The number of ketones is 1. The molecule has 0 spiro atoms. The molecule has 1 aromatic rings. The molecule has 1 aliphatic rings. The molecule has 0 N–H and O–H groups in total. The highest BCUT2D eigenvalue weighted by Crippen LogP contribution is 2.44. The summed E-state index contributed by atoms with van der Waals surface area (Å²) in [4.78, 5) is 11.6. The van der Waals surface area contributed by atoms with Gasteiger partial charge in [0.25, 0.3) is 0 Å². The fourth-order valence-corrected chi connectivity index (χ4v) is 2.24. The lowest BCUT2D eigenvalue weighted by Gasteiger charge is -2.38. The van der Waals surface area contributed by atoms with E-state index < -0.39 is 0 Å². The lowest BCUT2D eigenvalue weighted by atomic mass is 9.67. The standard InChI is InChI=1S/C13H18O3/c1-13(2,15-3)8-10-9(7-11(10)14)12-5-4-6-16-12/h4-6,9-10H,7-8H2,1-3H3/t9-,10-/m1/s1. The van der Waals surface area contributed by atoms with E-state index in [0.717, 1.165) is 12.2 Å². The fourth-order valence-electron chi connectivity index (χ4n) is 2.24. The molecule has 2 rings (SSSR count). The summed E-state index contributed by atoms with van der Waals surface area (Å²) in [6, 6.07) is 3.82. The Morgan fingerprint density at radius 2 is 2.31 bits per heavy atom. The summed E-state index contributed by atoms with van der Waals surface area (Å²) in [6.45, 7) is 4.02. The van der Waals surface area contributed by atoms with Gasteiger partial charge in [0.05, 0.1) is 11.9 Å². The van der Waals surface area contributed by atoms with Gasteiger partial charge in [-0.3, -0.25) is 4.79 Å². The Bertz CT molecular complexity index is 365. The molecule has 0 radical (unpaired) electrons. The van der Waals surface area contributed by atoms with Crippen LogP contribution in [0.3, 0.4) is 0 Å². The Hall–Kier alpha value is -1.09. The zero-order chi connectivity index (χ0) is 11.8. The van der Waals surface area contributed by atoms with Crippen LogP contribution in [-0.2, 0) is 9.53 Å². The maximum absolute atomic E-state index is 11.6. The zero-order valence-corrected chi connectivity index (χ0v) is 10.0. The van der Waals surface area contributed by atoms with Crippen LogP contribution < -0.4 is 0 Å². The van der Waals surface area contributed by atoms with Gasteiger partial charge in [-0.2, -0.15) is 0 Å². The fraction of sp³-hybridized carbons (Fsp3) is 0.615. The number of ether oxygens (including phenoxy) is 1. The van der Waals surface area contributed by atoms with Crippen molar-refractivity contribution in [2.45, 2.75) is 38.2 Å². The first-order valence-corrected chi connectivity index (χ1v) is 5.65. The molecule has 2 atom stereocenters. The van der Waals surface area contributed by atoms with Gasteiger partial charge in [0.1, 0.15) is 11.5 Å². The molecule has 1 heterocycles. The topological polar surface area (TPSA) is 39.4 Å². The number of methoxy groups -OCH3 is 1. The van der Waals surface area contributed by atoms with E-state index >= 15 is 0 Å². The molecule has 1 aliphatic carbocycles. The predicted octanol–water partition coefficient (Wildman–Crippen LogP) is 2.77. The van der Waals surface area contributed by atoms with E-state index in [1.807, 2.05) is 26.0 Å². The molecular formula is C13H18O3. The van der Waals surface area contributed by atoms with Crippen LogP contribution in [0.25, 0.3) is 0 Å². The Kier molecular flexibility index (Phi) is 2.89. The van der Waals surface area contributed by atoms with Crippen molar-refractivity contribution in [3.8, 4) is 0 Å². The van der Waals surface area contributed by atoms with Gasteiger partial charge in [-0.05, 0) is 32.4 Å². The number of hydrogen-bond acceptors (Lipinski definition) is 3. The van der Waals surface area contributed by atoms with E-state index in [2.05, 4.69) is 0 Å². The van der Waals surface area contributed by atoms with Gasteiger partial charge >= 0.3 is 0 Å². The summed E-state index contributed by atoms with van der Waals surface area (Å²) in [5, 5.41) is 0. The van der Waals surface area contributed by atoms with Gasteiger partial charge in [0, 0.05) is 25.4 Å². The van der Waals surface area contributed by atoms with Crippen LogP contribution in [0.15, 0.2) is 22.8 Å². The van der Waals surface area contributed by atoms with Crippen molar-refractivity contribution in [1.82, 2.24) is 0 Å². The smallest absolute Gasteiger partial charge is 0.137 e. The molecule has 3 nitrogen and oxygen atoms in total. The molecule has 0 saturated heterocycles. The van der Waals surface area contributed by atoms with Crippen molar-refractivity contribution in [1.29, 1.82) is 0 Å². The highest BCUT2D eigenvalue weighted by Gasteiger charge is 2.44. The third kappa shape index (κ3) is 2.05. The average Bonchev–Trinajstić information content (AvgIpc) is 2.76. The van der Waals surface area contributed by atoms with Gasteiger partial charge < -0.3 is 9.15 Å². The second kappa shape index (κ2) is 4.06. The first-order chi connectivity index (χ1) is 7.53. The summed E-state index contributed by atoms with van der Waals surface area (Å²) in [5.41, 5.74) is -0.244. The molecule has 0 bridgehead atoms. The van der Waals surface area contributed by atoms with Crippen LogP contribution in [0.5, 0.6) is 0 Å². The third-order valence-electron chi connectivity index (χ3n) is 3.49. The van der Waals surface area contributed by atoms with Crippen molar-refractivity contribution >= 4 is 5.78 Å². The normalized spacial score (nSPS) is 25.6. The Labute approximate surface area is 95.8 Å². The van der Waals surface area contributed by atoms with Crippen LogP contribution in [-0.4, -0.2) is 18.5 Å². The Morgan fingerprint density at radius 3 is 2.81 bits per heavy atom. The largest absolute Gasteiger partial charge is 0.469 e. The first kappa shape index (κ1) is 11.4. The number of carbonyl (C=O) groups is 1. The van der Waals surface area contributed by atoms with E-state index in [1.165, 1.54) is 0 Å². The summed E-state index contributed by atoms with van der Waals surface area (Å²) < 4.78 is 10.7. The molecule has 88 valence electrons. The molecule has 0 aromatic carbocycles. The van der Waals surface area contributed by atoms with E-state index in [1.54, 1.807) is 13.4 Å². The highest BCUT2D eigenvalue weighted by molar-refractivity contribution is 5.89. The Morgan fingerprint density at radius 1 is 1.56 bits per heavy atom. The first-order valence-electron chi connectivity index (χ1n) is 5.65. The molecule has 0 unspecified atom stereocenters. The summed E-state index contributed by atoms with van der Waals surface area (Å²) in [6.07, 6.45) is 3.03. The molecule has 0 aliphatic heterocycles. The van der Waals surface area contributed by atoms with E-state index in [9.17, 15) is 4.79 Å². The van der Waals surface area contributed by atoms with Gasteiger partial charge in [-0.15, -0.1) is 0 Å². The summed E-state index contributed by atoms with van der Waals surface area (Å²) in [7, 11) is 1.69. The minimum atomic E-state index is -0.244. The van der Waals surface area contributed by atoms with Crippen LogP contribution in [0.1, 0.15) is 38.4 Å². The summed E-state index contributed by atoms with van der Waals surface area (Å²) >= 11 is 0. The SMILES string of the molecule is COC(C)(C)C[C@H]1C(=O)C[C@H]1c1ccco1. The molecule has 1 saturated carbocycles. The molecule has 0 amide bonds. The average molecular weight is 222 g/mol. The third-order valence-corrected chi connectivity index (χ3v) is 3.49. The molecular weight excluding hydrogens is 204 g/mol. The lowest BCUT2D eigenvalue weighted by molar-refractivity contribution is -0.135. The monoisotopic (exact) mass is 222 g/mol. The van der Waals surface area contributed by atoms with Crippen molar-refractivity contribution in [3.63, 3.8) is 0 Å². The molecule has 1 aromatic heterocycles. The lowest BCUT2D eigenvalue weighted by Crippen LogP contribution is -2.40. The summed E-state index contributed by atoms with van der Waals surface area (Å²) in [5.74, 6) is 1.56. The zero-order valence-electron chi connectivity index (χ0n) is 10.0. The number of Topliss-reactive ketones (excluding diaryl/α,β-unsaturated/α-hetero) is 1.